The highest BCUT2D eigenvalue weighted by Gasteiger charge is 2.20. The third-order valence-corrected chi connectivity index (χ3v) is 2.08. The van der Waals surface area contributed by atoms with Crippen LogP contribution in [0, 0.1) is 22.2 Å². The highest BCUT2D eigenvalue weighted by Crippen LogP contribution is 2.31. The second-order valence-electron chi connectivity index (χ2n) is 9.46. The van der Waals surface area contributed by atoms with Gasteiger partial charge < -0.3 is 0 Å². The van der Waals surface area contributed by atoms with Crippen LogP contribution in [0.15, 0.2) is 0 Å². The molecule has 0 atom stereocenters. The summed E-state index contributed by atoms with van der Waals surface area (Å²) in [6, 6.07) is 0. The molecule has 0 nitrogen and oxygen atoms in total. The van der Waals surface area contributed by atoms with E-state index in [0.29, 0.717) is 16.2 Å². The van der Waals surface area contributed by atoms with Crippen molar-refractivity contribution in [1.82, 2.24) is 0 Å². The molecule has 0 rings (SSSR count). The lowest BCUT2D eigenvalue weighted by molar-refractivity contribution is 0.233. The van der Waals surface area contributed by atoms with Gasteiger partial charge in [0.1, 0.15) is 0 Å². The fourth-order valence-electron chi connectivity index (χ4n) is 2.82. The molecule has 0 heteroatoms. The molecule has 0 spiro atoms. The van der Waals surface area contributed by atoms with Crippen molar-refractivity contribution in [2.24, 2.45) is 22.2 Å². The first-order chi connectivity index (χ1) is 7.12. The Morgan fingerprint density at radius 2 is 0.889 bits per heavy atom. The van der Waals surface area contributed by atoms with Crippen molar-refractivity contribution in [3.8, 4) is 0 Å². The Kier molecular flexibility index (Phi) is 10.6. The highest BCUT2D eigenvalue weighted by molar-refractivity contribution is 4.71. The number of hydrogen-bond acceptors (Lipinski definition) is 0. The molecular weight excluding hydrogens is 216 g/mol. The zero-order chi connectivity index (χ0) is 14.5. The summed E-state index contributed by atoms with van der Waals surface area (Å²) < 4.78 is 0. The van der Waals surface area contributed by atoms with E-state index < -0.39 is 0 Å². The predicted octanol–water partition coefficient (Wildman–Crippen LogP) is 7.18. The molecule has 0 N–H and O–H groups in total. The highest BCUT2D eigenvalue weighted by atomic mass is 14.3. The van der Waals surface area contributed by atoms with E-state index in [4.69, 9.17) is 0 Å². The van der Waals surface area contributed by atoms with Gasteiger partial charge in [-0.2, -0.15) is 0 Å². The summed E-state index contributed by atoms with van der Waals surface area (Å²) in [5.74, 6) is 0.843. The minimum absolute atomic E-state index is 0. The van der Waals surface area contributed by atoms with Gasteiger partial charge in [0.15, 0.2) is 0 Å². The minimum atomic E-state index is 0. The zero-order valence-corrected chi connectivity index (χ0v) is 14.5. The summed E-state index contributed by atoms with van der Waals surface area (Å²) >= 11 is 0. The Bertz CT molecular complexity index is 166. The Morgan fingerprint density at radius 3 is 0.889 bits per heavy atom. The van der Waals surface area contributed by atoms with E-state index in [0.717, 1.165) is 5.92 Å². The quantitative estimate of drug-likeness (QED) is 0.467. The third-order valence-electron chi connectivity index (χ3n) is 2.08. The predicted molar refractivity (Wildman–Crippen MR) is 89.2 cm³/mol. The van der Waals surface area contributed by atoms with Crippen LogP contribution in [-0.2, 0) is 0 Å². The molecule has 0 saturated heterocycles. The van der Waals surface area contributed by atoms with Crippen LogP contribution >= 0.6 is 0 Å². The largest absolute Gasteiger partial charge is 0.0776 e. The van der Waals surface area contributed by atoms with Crippen molar-refractivity contribution in [2.45, 2.75) is 96.4 Å². The van der Waals surface area contributed by atoms with Crippen LogP contribution in [0.2, 0.25) is 0 Å². The van der Waals surface area contributed by atoms with Crippen molar-refractivity contribution in [2.75, 3.05) is 0 Å². The Hall–Kier alpha value is 0. The summed E-state index contributed by atoms with van der Waals surface area (Å²) in [4.78, 5) is 0. The van der Waals surface area contributed by atoms with Crippen molar-refractivity contribution in [3.05, 3.63) is 0 Å². The van der Waals surface area contributed by atoms with E-state index in [1.165, 1.54) is 12.8 Å². The van der Waals surface area contributed by atoms with Crippen LogP contribution in [0.4, 0.5) is 0 Å². The van der Waals surface area contributed by atoms with E-state index in [9.17, 15) is 0 Å². The molecule has 0 radical (unpaired) electrons. The van der Waals surface area contributed by atoms with Crippen LogP contribution in [0.25, 0.3) is 0 Å². The van der Waals surface area contributed by atoms with Gasteiger partial charge in [-0.3, -0.25) is 0 Å². The van der Waals surface area contributed by atoms with E-state index in [-0.39, 0.29) is 7.43 Å². The number of hydrogen-bond donors (Lipinski definition) is 0. The van der Waals surface area contributed by atoms with Crippen molar-refractivity contribution >= 4 is 0 Å². The van der Waals surface area contributed by atoms with Crippen LogP contribution in [-0.4, -0.2) is 0 Å². The van der Waals surface area contributed by atoms with Gasteiger partial charge in [0.05, 0.1) is 0 Å². The van der Waals surface area contributed by atoms with Crippen molar-refractivity contribution in [3.63, 3.8) is 0 Å². The fraction of sp³-hybridized carbons (Fsp3) is 1.00. The molecule has 0 aliphatic heterocycles. The maximum atomic E-state index is 2.29. The van der Waals surface area contributed by atoms with E-state index in [1.54, 1.807) is 0 Å². The van der Waals surface area contributed by atoms with E-state index in [2.05, 4.69) is 76.2 Å². The molecule has 0 aromatic carbocycles. The van der Waals surface area contributed by atoms with Crippen LogP contribution in [0.1, 0.15) is 96.4 Å². The zero-order valence-electron chi connectivity index (χ0n) is 14.5. The lowest BCUT2D eigenvalue weighted by Crippen LogP contribution is -2.16. The smallest absolute Gasteiger partial charge is 0.0378 e. The Labute approximate surface area is 119 Å². The Morgan fingerprint density at radius 1 is 0.611 bits per heavy atom. The molecule has 18 heavy (non-hydrogen) atoms. The Balaban J connectivity index is -0.000000238. The summed E-state index contributed by atoms with van der Waals surface area (Å²) in [6.07, 6.45) is 2.62. The van der Waals surface area contributed by atoms with Gasteiger partial charge >= 0.3 is 0 Å². The summed E-state index contributed by atoms with van der Waals surface area (Å²) in [6.45, 7) is 25.1. The monoisotopic (exact) mass is 258 g/mol. The van der Waals surface area contributed by atoms with Gasteiger partial charge in [-0.25, -0.2) is 0 Å². The molecule has 0 fully saturated rings. The molecule has 0 aliphatic rings. The summed E-state index contributed by atoms with van der Waals surface area (Å²) in [5, 5.41) is 0. The van der Waals surface area contributed by atoms with E-state index in [1.807, 2.05) is 0 Å². The van der Waals surface area contributed by atoms with Gasteiger partial charge in [-0.15, -0.1) is 0 Å². The molecular formula is C18H42. The first-order valence-electron chi connectivity index (χ1n) is 7.12. The van der Waals surface area contributed by atoms with Crippen LogP contribution in [0.3, 0.4) is 0 Å². The second-order valence-corrected chi connectivity index (χ2v) is 9.46. The molecule has 0 aromatic rings. The van der Waals surface area contributed by atoms with Gasteiger partial charge in [0, 0.05) is 0 Å². The normalized spacial score (nSPS) is 12.7. The van der Waals surface area contributed by atoms with Crippen LogP contribution in [0.5, 0.6) is 0 Å². The molecule has 0 bridgehead atoms. The van der Waals surface area contributed by atoms with Crippen molar-refractivity contribution < 1.29 is 0 Å². The first kappa shape index (κ1) is 23.1. The lowest BCUT2D eigenvalue weighted by Gasteiger charge is -2.28. The molecule has 114 valence electrons. The van der Waals surface area contributed by atoms with Gasteiger partial charge in [-0.1, -0.05) is 83.6 Å². The second kappa shape index (κ2) is 8.23. The molecule has 0 heterocycles. The summed E-state index contributed by atoms with van der Waals surface area (Å²) in [5.41, 5.74) is 1.49. The van der Waals surface area contributed by atoms with Gasteiger partial charge in [0.2, 0.25) is 0 Å². The van der Waals surface area contributed by atoms with Crippen LogP contribution < -0.4 is 0 Å². The lowest BCUT2D eigenvalue weighted by atomic mass is 9.78. The number of rotatable bonds is 1. The molecule has 0 unspecified atom stereocenters. The maximum Gasteiger partial charge on any atom is -0.0378 e. The van der Waals surface area contributed by atoms with Gasteiger partial charge in [-0.05, 0) is 35.0 Å². The SMILES string of the molecule is C.CC(C)(C)CC(C)(C)C.CC(C)CC(C)(C)C. The fourth-order valence-corrected chi connectivity index (χ4v) is 2.82. The molecule has 0 amide bonds. The van der Waals surface area contributed by atoms with E-state index >= 15 is 0 Å². The standard InChI is InChI=1S/C9H20.C8H18.CH4/c1-8(2,3)7-9(4,5)6;1-7(2)6-8(3,4)5;/h7H2,1-6H3;7H,6H2,1-5H3;1H4. The average Bonchev–Trinajstić information content (AvgIpc) is 1.68. The molecule has 0 saturated carbocycles. The summed E-state index contributed by atoms with van der Waals surface area (Å²) in [7, 11) is 0. The maximum absolute atomic E-state index is 2.29. The van der Waals surface area contributed by atoms with Crippen molar-refractivity contribution in [1.29, 1.82) is 0 Å². The minimum Gasteiger partial charge on any atom is -0.0776 e. The third kappa shape index (κ3) is 29.8. The topological polar surface area (TPSA) is 0 Å². The van der Waals surface area contributed by atoms with Gasteiger partial charge in [0.25, 0.3) is 0 Å². The molecule has 0 aromatic heterocycles. The molecule has 0 aliphatic carbocycles. The average molecular weight is 259 g/mol. The first-order valence-corrected chi connectivity index (χ1v) is 7.12.